The van der Waals surface area contributed by atoms with Crippen LogP contribution in [0.4, 0.5) is 0 Å². The van der Waals surface area contributed by atoms with E-state index in [9.17, 15) is 4.79 Å². The summed E-state index contributed by atoms with van der Waals surface area (Å²) < 4.78 is 8.94. The first kappa shape index (κ1) is 19.4. The number of nitrogens with zero attached hydrogens (tertiary/aromatic N) is 5. The molecule has 4 aromatic rings. The van der Waals surface area contributed by atoms with Crippen molar-refractivity contribution in [3.05, 3.63) is 83.8 Å². The van der Waals surface area contributed by atoms with Crippen molar-refractivity contribution in [1.29, 1.82) is 0 Å². The Morgan fingerprint density at radius 3 is 2.70 bits per heavy atom. The number of benzene rings is 1. The van der Waals surface area contributed by atoms with Crippen molar-refractivity contribution < 1.29 is 9.53 Å². The molecule has 0 radical (unpaired) electrons. The highest BCUT2D eigenvalue weighted by atomic mass is 16.5. The molecule has 0 aliphatic heterocycles. The normalized spacial score (nSPS) is 10.8. The van der Waals surface area contributed by atoms with Crippen LogP contribution in [0.15, 0.2) is 61.2 Å². The molecular formula is C22H22N6O2. The van der Waals surface area contributed by atoms with E-state index < -0.39 is 0 Å². The van der Waals surface area contributed by atoms with Gasteiger partial charge in [0, 0.05) is 31.3 Å². The molecule has 1 amide bonds. The van der Waals surface area contributed by atoms with E-state index in [1.165, 1.54) is 0 Å². The maximum atomic E-state index is 12.6. The first-order valence-corrected chi connectivity index (χ1v) is 9.49. The van der Waals surface area contributed by atoms with Gasteiger partial charge in [-0.2, -0.15) is 5.10 Å². The van der Waals surface area contributed by atoms with Gasteiger partial charge in [-0.25, -0.2) is 14.6 Å². The van der Waals surface area contributed by atoms with Crippen LogP contribution in [0.2, 0.25) is 0 Å². The number of carbonyl (C=O) groups is 1. The Morgan fingerprint density at radius 1 is 1.07 bits per heavy atom. The van der Waals surface area contributed by atoms with Gasteiger partial charge in [-0.05, 0) is 55.3 Å². The smallest absolute Gasteiger partial charge is 0.272 e. The molecule has 152 valence electrons. The standard InChI is InChI=1S/C22H22N6O2/c1-15-4-5-20(30-3)19(12-15)28-10-7-18(26-28)22(29)25-14-17-6-8-24-21(13-17)27-11-9-23-16(27)2/h4-13H,14H2,1-3H3,(H,25,29). The van der Waals surface area contributed by atoms with Gasteiger partial charge in [0.25, 0.3) is 5.91 Å². The van der Waals surface area contributed by atoms with Gasteiger partial charge in [-0.3, -0.25) is 9.36 Å². The molecular weight excluding hydrogens is 380 g/mol. The van der Waals surface area contributed by atoms with Crippen LogP contribution >= 0.6 is 0 Å². The van der Waals surface area contributed by atoms with E-state index in [0.29, 0.717) is 18.0 Å². The van der Waals surface area contributed by atoms with Crippen LogP contribution < -0.4 is 10.1 Å². The molecule has 0 bridgehead atoms. The lowest BCUT2D eigenvalue weighted by Gasteiger charge is -2.09. The Kier molecular flexibility index (Phi) is 5.30. The second kappa shape index (κ2) is 8.20. The highest BCUT2D eigenvalue weighted by molar-refractivity contribution is 5.92. The van der Waals surface area contributed by atoms with E-state index in [1.54, 1.807) is 36.4 Å². The predicted molar refractivity (Wildman–Crippen MR) is 112 cm³/mol. The number of ether oxygens (including phenoxy) is 1. The third-order valence-corrected chi connectivity index (χ3v) is 4.74. The number of nitrogens with one attached hydrogen (secondary N) is 1. The molecule has 0 saturated heterocycles. The fourth-order valence-corrected chi connectivity index (χ4v) is 3.15. The summed E-state index contributed by atoms with van der Waals surface area (Å²) in [5.74, 6) is 2.04. The van der Waals surface area contributed by atoms with Crippen molar-refractivity contribution in [2.45, 2.75) is 20.4 Å². The zero-order valence-electron chi connectivity index (χ0n) is 17.0. The van der Waals surface area contributed by atoms with Gasteiger partial charge in [0.05, 0.1) is 7.11 Å². The zero-order chi connectivity index (χ0) is 21.1. The van der Waals surface area contributed by atoms with Crippen molar-refractivity contribution in [2.24, 2.45) is 0 Å². The molecule has 0 unspecified atom stereocenters. The van der Waals surface area contributed by atoms with Gasteiger partial charge in [0.15, 0.2) is 5.69 Å². The van der Waals surface area contributed by atoms with Crippen LogP contribution in [0.3, 0.4) is 0 Å². The number of imidazole rings is 1. The molecule has 1 N–H and O–H groups in total. The third-order valence-electron chi connectivity index (χ3n) is 4.74. The molecule has 3 aromatic heterocycles. The maximum absolute atomic E-state index is 12.6. The summed E-state index contributed by atoms with van der Waals surface area (Å²) in [6.07, 6.45) is 7.05. The predicted octanol–water partition coefficient (Wildman–Crippen LogP) is 3.01. The summed E-state index contributed by atoms with van der Waals surface area (Å²) in [5.41, 5.74) is 3.12. The number of carbonyl (C=O) groups excluding carboxylic acids is 1. The van der Waals surface area contributed by atoms with Gasteiger partial charge in [-0.1, -0.05) is 6.07 Å². The molecule has 1 aromatic carbocycles. The van der Waals surface area contributed by atoms with Crippen molar-refractivity contribution in [3.8, 4) is 17.3 Å². The van der Waals surface area contributed by atoms with E-state index in [4.69, 9.17) is 4.74 Å². The Hall–Kier alpha value is -3.94. The molecule has 0 spiro atoms. The minimum atomic E-state index is -0.252. The van der Waals surface area contributed by atoms with Crippen LogP contribution in [0.25, 0.3) is 11.5 Å². The minimum absolute atomic E-state index is 0.252. The second-order valence-electron chi connectivity index (χ2n) is 6.87. The molecule has 0 fully saturated rings. The number of aromatic nitrogens is 5. The van der Waals surface area contributed by atoms with Gasteiger partial charge < -0.3 is 10.1 Å². The number of aryl methyl sites for hydroxylation is 2. The molecule has 0 aliphatic carbocycles. The number of pyridine rings is 1. The van der Waals surface area contributed by atoms with Crippen molar-refractivity contribution in [3.63, 3.8) is 0 Å². The van der Waals surface area contributed by atoms with Crippen molar-refractivity contribution in [1.82, 2.24) is 29.6 Å². The Labute approximate surface area is 174 Å². The van der Waals surface area contributed by atoms with Crippen molar-refractivity contribution in [2.75, 3.05) is 7.11 Å². The van der Waals surface area contributed by atoms with Gasteiger partial charge in [0.2, 0.25) is 0 Å². The Balaban J connectivity index is 1.47. The Bertz CT molecular complexity index is 1190. The lowest BCUT2D eigenvalue weighted by Crippen LogP contribution is -2.23. The van der Waals surface area contributed by atoms with E-state index in [2.05, 4.69) is 20.4 Å². The SMILES string of the molecule is COc1ccc(C)cc1-n1ccc(C(=O)NCc2ccnc(-n3ccnc3C)c2)n1. The average molecular weight is 402 g/mol. The summed E-state index contributed by atoms with van der Waals surface area (Å²) >= 11 is 0. The summed E-state index contributed by atoms with van der Waals surface area (Å²) in [6, 6.07) is 11.3. The number of hydrogen-bond donors (Lipinski definition) is 1. The van der Waals surface area contributed by atoms with E-state index in [0.717, 1.165) is 28.5 Å². The number of hydrogen-bond acceptors (Lipinski definition) is 5. The summed E-state index contributed by atoms with van der Waals surface area (Å²) in [4.78, 5) is 21.2. The molecule has 8 nitrogen and oxygen atoms in total. The van der Waals surface area contributed by atoms with Crippen LogP contribution in [-0.4, -0.2) is 37.3 Å². The topological polar surface area (TPSA) is 86.9 Å². The number of amides is 1. The molecule has 0 saturated carbocycles. The van der Waals surface area contributed by atoms with Gasteiger partial charge in [-0.15, -0.1) is 0 Å². The van der Waals surface area contributed by atoms with Crippen LogP contribution in [-0.2, 0) is 6.54 Å². The maximum Gasteiger partial charge on any atom is 0.272 e. The fraction of sp³-hybridized carbons (Fsp3) is 0.182. The van der Waals surface area contributed by atoms with E-state index in [1.807, 2.05) is 54.9 Å². The van der Waals surface area contributed by atoms with Gasteiger partial charge in [0.1, 0.15) is 23.1 Å². The van der Waals surface area contributed by atoms with Gasteiger partial charge >= 0.3 is 0 Å². The fourth-order valence-electron chi connectivity index (χ4n) is 3.15. The van der Waals surface area contributed by atoms with Crippen LogP contribution in [0.1, 0.15) is 27.4 Å². The molecule has 0 aliphatic rings. The Morgan fingerprint density at radius 2 is 1.93 bits per heavy atom. The van der Waals surface area contributed by atoms with E-state index >= 15 is 0 Å². The number of rotatable bonds is 6. The monoisotopic (exact) mass is 402 g/mol. The third kappa shape index (κ3) is 3.93. The lowest BCUT2D eigenvalue weighted by atomic mass is 10.2. The highest BCUT2D eigenvalue weighted by Gasteiger charge is 2.13. The average Bonchev–Trinajstić information content (AvgIpc) is 3.41. The lowest BCUT2D eigenvalue weighted by molar-refractivity contribution is 0.0945. The van der Waals surface area contributed by atoms with Crippen LogP contribution in [0, 0.1) is 13.8 Å². The first-order chi connectivity index (χ1) is 14.5. The molecule has 4 rings (SSSR count). The second-order valence-corrected chi connectivity index (χ2v) is 6.87. The molecule has 8 heteroatoms. The van der Waals surface area contributed by atoms with Crippen LogP contribution in [0.5, 0.6) is 5.75 Å². The highest BCUT2D eigenvalue weighted by Crippen LogP contribution is 2.23. The minimum Gasteiger partial charge on any atom is -0.494 e. The first-order valence-electron chi connectivity index (χ1n) is 9.49. The quantitative estimate of drug-likeness (QED) is 0.536. The van der Waals surface area contributed by atoms with Crippen molar-refractivity contribution >= 4 is 5.91 Å². The largest absolute Gasteiger partial charge is 0.494 e. The number of methoxy groups -OCH3 is 1. The summed E-state index contributed by atoms with van der Waals surface area (Å²) in [7, 11) is 1.61. The molecule has 30 heavy (non-hydrogen) atoms. The molecule has 0 atom stereocenters. The summed E-state index contributed by atoms with van der Waals surface area (Å²) in [5, 5.41) is 7.32. The zero-order valence-corrected chi connectivity index (χ0v) is 17.0. The van der Waals surface area contributed by atoms with E-state index in [-0.39, 0.29) is 5.91 Å². The molecule has 3 heterocycles. The summed E-state index contributed by atoms with van der Waals surface area (Å²) in [6.45, 7) is 4.27.